The Labute approximate surface area is 132 Å². The van der Waals surface area contributed by atoms with Crippen molar-refractivity contribution < 1.29 is 41.7 Å². The molecule has 0 radical (unpaired) electrons. The SMILES string of the molecule is COc1cc(OC(F)(F)F)ccc1Oc1cncc(F)c1C(=O)O. The summed E-state index contributed by atoms with van der Waals surface area (Å²) in [5, 5.41) is 9.00. The Bertz CT molecular complexity index is 763. The van der Waals surface area contributed by atoms with Crippen LogP contribution in [0.1, 0.15) is 10.4 Å². The van der Waals surface area contributed by atoms with E-state index in [0.29, 0.717) is 6.20 Å². The van der Waals surface area contributed by atoms with Crippen molar-refractivity contribution in [2.24, 2.45) is 0 Å². The number of carbonyl (C=O) groups is 1. The first kappa shape index (κ1) is 17.3. The molecule has 0 bridgehead atoms. The van der Waals surface area contributed by atoms with Gasteiger partial charge in [-0.1, -0.05) is 0 Å². The number of rotatable bonds is 5. The van der Waals surface area contributed by atoms with Gasteiger partial charge in [0.1, 0.15) is 11.3 Å². The highest BCUT2D eigenvalue weighted by Gasteiger charge is 2.31. The molecule has 1 aromatic carbocycles. The molecule has 6 nitrogen and oxygen atoms in total. The normalized spacial score (nSPS) is 11.0. The van der Waals surface area contributed by atoms with Crippen molar-refractivity contribution in [2.75, 3.05) is 7.11 Å². The number of carboxylic acid groups (broad SMARTS) is 1. The second kappa shape index (κ2) is 6.60. The monoisotopic (exact) mass is 347 g/mol. The summed E-state index contributed by atoms with van der Waals surface area (Å²) in [5.41, 5.74) is -0.775. The van der Waals surface area contributed by atoms with Gasteiger partial charge in [-0.3, -0.25) is 4.98 Å². The van der Waals surface area contributed by atoms with E-state index in [1.54, 1.807) is 0 Å². The Kier molecular flexibility index (Phi) is 4.77. The lowest BCUT2D eigenvalue weighted by molar-refractivity contribution is -0.274. The van der Waals surface area contributed by atoms with Gasteiger partial charge in [0.25, 0.3) is 0 Å². The molecule has 2 aromatic rings. The van der Waals surface area contributed by atoms with E-state index in [2.05, 4.69) is 9.72 Å². The van der Waals surface area contributed by atoms with Gasteiger partial charge in [-0.25, -0.2) is 9.18 Å². The van der Waals surface area contributed by atoms with Crippen LogP contribution >= 0.6 is 0 Å². The first-order valence-electron chi connectivity index (χ1n) is 6.19. The molecule has 0 fully saturated rings. The summed E-state index contributed by atoms with van der Waals surface area (Å²) in [4.78, 5) is 14.5. The van der Waals surface area contributed by atoms with E-state index in [9.17, 15) is 22.4 Å². The van der Waals surface area contributed by atoms with Crippen molar-refractivity contribution in [3.05, 3.63) is 42.0 Å². The molecule has 0 saturated carbocycles. The molecule has 24 heavy (non-hydrogen) atoms. The van der Waals surface area contributed by atoms with Gasteiger partial charge < -0.3 is 19.3 Å². The fraction of sp³-hybridized carbons (Fsp3) is 0.143. The van der Waals surface area contributed by atoms with Crippen molar-refractivity contribution in [3.63, 3.8) is 0 Å². The zero-order valence-corrected chi connectivity index (χ0v) is 11.9. The van der Waals surface area contributed by atoms with Crippen LogP contribution in [0.25, 0.3) is 0 Å². The molecule has 0 unspecified atom stereocenters. The summed E-state index contributed by atoms with van der Waals surface area (Å²) in [6.07, 6.45) is -3.25. The van der Waals surface area contributed by atoms with Gasteiger partial charge >= 0.3 is 12.3 Å². The van der Waals surface area contributed by atoms with E-state index >= 15 is 0 Å². The van der Waals surface area contributed by atoms with Gasteiger partial charge in [0.15, 0.2) is 23.1 Å². The predicted molar refractivity (Wildman–Crippen MR) is 70.9 cm³/mol. The van der Waals surface area contributed by atoms with Crippen molar-refractivity contribution >= 4 is 5.97 Å². The van der Waals surface area contributed by atoms with E-state index in [-0.39, 0.29) is 11.5 Å². The molecule has 0 spiro atoms. The molecule has 10 heteroatoms. The summed E-state index contributed by atoms with van der Waals surface area (Å²) in [5.74, 6) is -4.07. The van der Waals surface area contributed by atoms with Crippen molar-refractivity contribution in [2.45, 2.75) is 6.36 Å². The van der Waals surface area contributed by atoms with Crippen molar-refractivity contribution in [1.29, 1.82) is 0 Å². The molecule has 0 amide bonds. The average Bonchev–Trinajstić information content (AvgIpc) is 2.47. The molecular weight excluding hydrogens is 338 g/mol. The minimum absolute atomic E-state index is 0.151. The zero-order chi connectivity index (χ0) is 17.9. The maximum absolute atomic E-state index is 13.5. The number of aromatic nitrogens is 1. The third-order valence-corrected chi connectivity index (χ3v) is 2.67. The molecule has 0 aliphatic rings. The summed E-state index contributed by atoms with van der Waals surface area (Å²) in [7, 11) is 1.15. The van der Waals surface area contributed by atoms with Crippen molar-refractivity contribution in [3.8, 4) is 23.0 Å². The van der Waals surface area contributed by atoms with Crippen LogP contribution in [0.5, 0.6) is 23.0 Å². The number of alkyl halides is 3. The Balaban J connectivity index is 2.37. The van der Waals surface area contributed by atoms with Crippen LogP contribution in [0.15, 0.2) is 30.6 Å². The second-order valence-corrected chi connectivity index (χ2v) is 4.26. The van der Waals surface area contributed by atoms with Crippen LogP contribution in [-0.2, 0) is 0 Å². The van der Waals surface area contributed by atoms with Crippen LogP contribution in [0.3, 0.4) is 0 Å². The molecule has 0 saturated heterocycles. The highest BCUT2D eigenvalue weighted by molar-refractivity contribution is 5.91. The number of ether oxygens (including phenoxy) is 3. The number of methoxy groups -OCH3 is 1. The molecule has 0 aliphatic carbocycles. The summed E-state index contributed by atoms with van der Waals surface area (Å²) < 4.78 is 64.0. The van der Waals surface area contributed by atoms with Crippen LogP contribution in [-0.4, -0.2) is 29.5 Å². The molecular formula is C14H9F4NO5. The van der Waals surface area contributed by atoms with Crippen LogP contribution in [0, 0.1) is 5.82 Å². The number of nitrogens with zero attached hydrogens (tertiary/aromatic N) is 1. The number of pyridine rings is 1. The molecule has 2 rings (SSSR count). The van der Waals surface area contributed by atoms with Gasteiger partial charge in [0.2, 0.25) is 0 Å². The summed E-state index contributed by atoms with van der Waals surface area (Å²) in [6.45, 7) is 0. The minimum Gasteiger partial charge on any atom is -0.493 e. The second-order valence-electron chi connectivity index (χ2n) is 4.26. The average molecular weight is 347 g/mol. The van der Waals surface area contributed by atoms with Crippen LogP contribution in [0.2, 0.25) is 0 Å². The molecule has 0 atom stereocenters. The van der Waals surface area contributed by atoms with Gasteiger partial charge in [-0.05, 0) is 12.1 Å². The lowest BCUT2D eigenvalue weighted by atomic mass is 10.2. The zero-order valence-electron chi connectivity index (χ0n) is 11.9. The highest BCUT2D eigenvalue weighted by Crippen LogP contribution is 2.37. The summed E-state index contributed by atoms with van der Waals surface area (Å²) >= 11 is 0. The maximum atomic E-state index is 13.5. The fourth-order valence-corrected chi connectivity index (χ4v) is 1.75. The van der Waals surface area contributed by atoms with Gasteiger partial charge in [0.05, 0.1) is 19.5 Å². The number of hydrogen-bond acceptors (Lipinski definition) is 5. The topological polar surface area (TPSA) is 77.9 Å². The Morgan fingerprint density at radius 1 is 1.17 bits per heavy atom. The van der Waals surface area contributed by atoms with E-state index < -0.39 is 35.2 Å². The molecule has 0 aliphatic heterocycles. The fourth-order valence-electron chi connectivity index (χ4n) is 1.75. The molecule has 1 N–H and O–H groups in total. The smallest absolute Gasteiger partial charge is 0.493 e. The van der Waals surface area contributed by atoms with Gasteiger partial charge in [-0.15, -0.1) is 13.2 Å². The highest BCUT2D eigenvalue weighted by atomic mass is 19.4. The number of halogens is 4. The largest absolute Gasteiger partial charge is 0.573 e. The number of benzene rings is 1. The Hall–Kier alpha value is -3.04. The Morgan fingerprint density at radius 3 is 2.46 bits per heavy atom. The van der Waals surface area contributed by atoms with E-state index in [0.717, 1.165) is 31.5 Å². The van der Waals surface area contributed by atoms with Crippen molar-refractivity contribution in [1.82, 2.24) is 4.98 Å². The quantitative estimate of drug-likeness (QED) is 0.833. The third kappa shape index (κ3) is 4.03. The number of carboxylic acids is 1. The maximum Gasteiger partial charge on any atom is 0.573 e. The predicted octanol–water partition coefficient (Wildman–Crippen LogP) is 3.62. The third-order valence-electron chi connectivity index (χ3n) is 2.67. The minimum atomic E-state index is -4.89. The first-order valence-corrected chi connectivity index (χ1v) is 6.19. The molecule has 1 heterocycles. The molecule has 128 valence electrons. The van der Waals surface area contributed by atoms with Gasteiger partial charge in [-0.2, -0.15) is 0 Å². The molecule has 1 aromatic heterocycles. The van der Waals surface area contributed by atoms with Gasteiger partial charge in [0, 0.05) is 6.07 Å². The lowest BCUT2D eigenvalue weighted by Gasteiger charge is -2.14. The van der Waals surface area contributed by atoms with Crippen LogP contribution < -0.4 is 14.2 Å². The standard InChI is InChI=1S/C14H9F4NO5/c1-22-10-4-7(24-14(16,17)18)2-3-9(10)23-11-6-19-5-8(15)12(11)13(20)21/h2-6H,1H3,(H,20,21). The number of aromatic carboxylic acids is 1. The summed E-state index contributed by atoms with van der Waals surface area (Å²) in [6, 6.07) is 2.87. The van der Waals surface area contributed by atoms with E-state index in [4.69, 9.17) is 14.6 Å². The van der Waals surface area contributed by atoms with E-state index in [1.807, 2.05) is 0 Å². The number of hydrogen-bond donors (Lipinski definition) is 1. The lowest BCUT2D eigenvalue weighted by Crippen LogP contribution is -2.17. The van der Waals surface area contributed by atoms with Crippen LogP contribution in [0.4, 0.5) is 17.6 Å². The Morgan fingerprint density at radius 2 is 1.88 bits per heavy atom. The first-order chi connectivity index (χ1) is 11.2. The van der Waals surface area contributed by atoms with E-state index in [1.165, 1.54) is 0 Å².